The van der Waals surface area contributed by atoms with E-state index in [9.17, 15) is 19.8 Å². The van der Waals surface area contributed by atoms with Gasteiger partial charge in [-0.1, -0.05) is 54.6 Å². The van der Waals surface area contributed by atoms with Crippen molar-refractivity contribution in [1.82, 2.24) is 5.43 Å². The van der Waals surface area contributed by atoms with Crippen LogP contribution in [0.2, 0.25) is 5.02 Å². The average molecular weight is 395 g/mol. The molecular weight excluding hydrogens is 380 g/mol. The van der Waals surface area contributed by atoms with Gasteiger partial charge in [-0.25, -0.2) is 10.2 Å². The van der Waals surface area contributed by atoms with E-state index in [0.717, 1.165) is 10.8 Å². The Labute approximate surface area is 165 Å². The van der Waals surface area contributed by atoms with Gasteiger partial charge in [-0.15, -0.1) is 0 Å². The van der Waals surface area contributed by atoms with Gasteiger partial charge in [0.25, 0.3) is 5.91 Å². The number of aromatic hydroxyl groups is 1. The molecule has 0 saturated carbocycles. The maximum Gasteiger partial charge on any atom is 0.335 e. The van der Waals surface area contributed by atoms with E-state index in [2.05, 4.69) is 17.1 Å². The van der Waals surface area contributed by atoms with Crippen molar-refractivity contribution in [2.24, 2.45) is 5.10 Å². The number of amides is 1. The van der Waals surface area contributed by atoms with Crippen LogP contribution in [0.3, 0.4) is 0 Å². The summed E-state index contributed by atoms with van der Waals surface area (Å²) in [6, 6.07) is 14.7. The van der Waals surface area contributed by atoms with Crippen LogP contribution >= 0.6 is 11.6 Å². The number of nitrogens with zero attached hydrogens (tertiary/aromatic N) is 1. The van der Waals surface area contributed by atoms with Crippen LogP contribution in [0.4, 0.5) is 0 Å². The summed E-state index contributed by atoms with van der Waals surface area (Å²) in [6.07, 6.45) is 1.47. The number of benzene rings is 3. The third kappa shape index (κ3) is 3.87. The number of hydrogen-bond donors (Lipinski definition) is 3. The lowest BCUT2D eigenvalue weighted by molar-refractivity contribution is -0.130. The predicted octanol–water partition coefficient (Wildman–Crippen LogP) is 4.06. The van der Waals surface area contributed by atoms with Crippen molar-refractivity contribution in [3.05, 3.63) is 82.9 Å². The largest absolute Gasteiger partial charge is 0.506 e. The summed E-state index contributed by atoms with van der Waals surface area (Å²) in [4.78, 5) is 23.4. The zero-order chi connectivity index (χ0) is 20.3. The monoisotopic (exact) mass is 394 g/mol. The van der Waals surface area contributed by atoms with Crippen molar-refractivity contribution in [1.29, 1.82) is 0 Å². The van der Waals surface area contributed by atoms with E-state index >= 15 is 0 Å². The molecule has 140 valence electrons. The van der Waals surface area contributed by atoms with Gasteiger partial charge in [-0.05, 0) is 34.5 Å². The maximum atomic E-state index is 12.1. The van der Waals surface area contributed by atoms with Crippen LogP contribution in [0, 0.1) is 0 Å². The lowest BCUT2D eigenvalue weighted by Gasteiger charge is -2.09. The highest BCUT2D eigenvalue weighted by molar-refractivity contribution is 6.32. The second-order valence-electron chi connectivity index (χ2n) is 5.90. The lowest BCUT2D eigenvalue weighted by Crippen LogP contribution is -2.17. The molecule has 0 aromatic heterocycles. The highest BCUT2D eigenvalue weighted by atomic mass is 35.5. The van der Waals surface area contributed by atoms with Gasteiger partial charge in [-0.3, -0.25) is 4.79 Å². The van der Waals surface area contributed by atoms with Crippen LogP contribution in [0.1, 0.15) is 21.5 Å². The molecule has 0 aliphatic rings. The molecule has 0 unspecified atom stereocenters. The second kappa shape index (κ2) is 7.94. The van der Waals surface area contributed by atoms with E-state index in [1.165, 1.54) is 24.4 Å². The van der Waals surface area contributed by atoms with Gasteiger partial charge >= 0.3 is 5.97 Å². The number of hydrogen-bond acceptors (Lipinski definition) is 4. The first-order valence-corrected chi connectivity index (χ1v) is 8.52. The van der Waals surface area contributed by atoms with Crippen LogP contribution in [0.25, 0.3) is 16.3 Å². The number of carbonyl (C=O) groups excluding carboxylic acids is 1. The summed E-state index contributed by atoms with van der Waals surface area (Å²) in [5, 5.41) is 24.1. The van der Waals surface area contributed by atoms with Crippen LogP contribution in [-0.4, -0.2) is 28.3 Å². The van der Waals surface area contributed by atoms with Gasteiger partial charge in [0, 0.05) is 11.1 Å². The normalized spacial score (nSPS) is 10.9. The molecule has 0 fully saturated rings. The Bertz CT molecular complexity index is 1140. The Balaban J connectivity index is 1.87. The topological polar surface area (TPSA) is 99.0 Å². The predicted molar refractivity (Wildman–Crippen MR) is 109 cm³/mol. The molecule has 3 N–H and O–H groups in total. The Morgan fingerprint density at radius 3 is 2.46 bits per heavy atom. The van der Waals surface area contributed by atoms with Crippen molar-refractivity contribution in [2.45, 2.75) is 0 Å². The summed E-state index contributed by atoms with van der Waals surface area (Å²) in [6.45, 7) is 3.62. The molecule has 0 radical (unpaired) electrons. The van der Waals surface area contributed by atoms with Gasteiger partial charge in [0.2, 0.25) is 0 Å². The number of nitrogens with one attached hydrogen (secondary N) is 1. The Kier molecular flexibility index (Phi) is 5.42. The minimum atomic E-state index is -1.09. The van der Waals surface area contributed by atoms with Crippen molar-refractivity contribution >= 4 is 46.0 Å². The Morgan fingerprint density at radius 2 is 1.79 bits per heavy atom. The van der Waals surface area contributed by atoms with E-state index in [-0.39, 0.29) is 21.9 Å². The first-order valence-electron chi connectivity index (χ1n) is 8.14. The minimum absolute atomic E-state index is 0.00259. The second-order valence-corrected chi connectivity index (χ2v) is 6.30. The number of rotatable bonds is 5. The van der Waals surface area contributed by atoms with E-state index < -0.39 is 11.9 Å². The fourth-order valence-corrected chi connectivity index (χ4v) is 2.87. The molecule has 6 nitrogen and oxygen atoms in total. The SMILES string of the molecule is C=C(C(=O)O)c1ccc(C=NNC(=O)c2ccc(O)c(Cl)c2)c2ccccc12. The van der Waals surface area contributed by atoms with E-state index in [1.54, 1.807) is 24.3 Å². The van der Waals surface area contributed by atoms with Crippen molar-refractivity contribution in [2.75, 3.05) is 0 Å². The number of carboxylic acids is 1. The number of halogens is 1. The minimum Gasteiger partial charge on any atom is -0.506 e. The standard InChI is InChI=1S/C21H15ClN2O4/c1-12(21(27)28)15-8-6-14(16-4-2-3-5-17(15)16)11-23-24-20(26)13-7-9-19(25)18(22)10-13/h2-11,25H,1H2,(H,24,26)(H,27,28). The molecule has 0 saturated heterocycles. The van der Waals surface area contributed by atoms with Crippen LogP contribution in [0.5, 0.6) is 5.75 Å². The Hall–Kier alpha value is -3.64. The molecule has 3 aromatic rings. The number of carboxylic acid groups (broad SMARTS) is 1. The number of phenols is 1. The molecule has 0 atom stereocenters. The summed E-state index contributed by atoms with van der Waals surface area (Å²) >= 11 is 5.80. The molecule has 0 heterocycles. The third-order valence-corrected chi connectivity index (χ3v) is 4.42. The van der Waals surface area contributed by atoms with Gasteiger partial charge in [0.15, 0.2) is 0 Å². The molecule has 3 rings (SSSR count). The Morgan fingerprint density at radius 1 is 1.07 bits per heavy atom. The molecule has 1 amide bonds. The van der Waals surface area contributed by atoms with Gasteiger partial charge in [-0.2, -0.15) is 5.10 Å². The third-order valence-electron chi connectivity index (χ3n) is 4.12. The zero-order valence-electron chi connectivity index (χ0n) is 14.5. The zero-order valence-corrected chi connectivity index (χ0v) is 15.3. The number of aliphatic carboxylic acids is 1. The quantitative estimate of drug-likeness (QED) is 0.345. The highest BCUT2D eigenvalue weighted by Gasteiger charge is 2.12. The smallest absolute Gasteiger partial charge is 0.335 e. The molecule has 3 aromatic carbocycles. The molecule has 0 bridgehead atoms. The molecule has 28 heavy (non-hydrogen) atoms. The van der Waals surface area contributed by atoms with Crippen LogP contribution < -0.4 is 5.43 Å². The maximum absolute atomic E-state index is 12.1. The van der Waals surface area contributed by atoms with Crippen molar-refractivity contribution in [3.8, 4) is 5.75 Å². The highest BCUT2D eigenvalue weighted by Crippen LogP contribution is 2.27. The number of carbonyl (C=O) groups is 2. The number of phenolic OH excluding ortho intramolecular Hbond substituents is 1. The van der Waals surface area contributed by atoms with Gasteiger partial charge in [0.1, 0.15) is 5.75 Å². The fourth-order valence-electron chi connectivity index (χ4n) is 2.69. The first kappa shape index (κ1) is 19.1. The summed E-state index contributed by atoms with van der Waals surface area (Å²) in [7, 11) is 0. The summed E-state index contributed by atoms with van der Waals surface area (Å²) in [5.41, 5.74) is 3.85. The summed E-state index contributed by atoms with van der Waals surface area (Å²) in [5.74, 6) is -1.69. The average Bonchev–Trinajstić information content (AvgIpc) is 2.69. The van der Waals surface area contributed by atoms with Gasteiger partial charge < -0.3 is 10.2 Å². The molecule has 0 spiro atoms. The fraction of sp³-hybridized carbons (Fsp3) is 0. The van der Waals surface area contributed by atoms with Crippen LogP contribution in [0.15, 0.2) is 66.3 Å². The molecule has 0 aliphatic heterocycles. The van der Waals surface area contributed by atoms with Crippen LogP contribution in [-0.2, 0) is 4.79 Å². The summed E-state index contributed by atoms with van der Waals surface area (Å²) < 4.78 is 0. The van der Waals surface area contributed by atoms with Crippen molar-refractivity contribution in [3.63, 3.8) is 0 Å². The van der Waals surface area contributed by atoms with E-state index in [4.69, 9.17) is 11.6 Å². The molecule has 0 aliphatic carbocycles. The van der Waals surface area contributed by atoms with Crippen molar-refractivity contribution < 1.29 is 19.8 Å². The first-order chi connectivity index (χ1) is 13.4. The van der Waals surface area contributed by atoms with E-state index in [1.807, 2.05) is 12.1 Å². The number of fused-ring (bicyclic) bond motifs is 1. The molecule has 7 heteroatoms. The molecular formula is C21H15ClN2O4. The number of hydrazone groups is 1. The van der Waals surface area contributed by atoms with E-state index in [0.29, 0.717) is 11.1 Å². The lowest BCUT2D eigenvalue weighted by atomic mass is 9.96. The van der Waals surface area contributed by atoms with Gasteiger partial charge in [0.05, 0.1) is 16.8 Å².